The number of benzene rings is 8. The lowest BCUT2D eigenvalue weighted by molar-refractivity contribution is 1.07. The largest absolute Gasteiger partial charge is 0.309 e. The minimum atomic E-state index is 0.598. The van der Waals surface area contributed by atoms with E-state index >= 15 is 0 Å². The summed E-state index contributed by atoms with van der Waals surface area (Å²) in [7, 11) is 0. The van der Waals surface area contributed by atoms with Crippen molar-refractivity contribution in [3.63, 3.8) is 0 Å². The maximum absolute atomic E-state index is 5.26. The van der Waals surface area contributed by atoms with E-state index < -0.39 is 0 Å². The van der Waals surface area contributed by atoms with Crippen molar-refractivity contribution < 1.29 is 0 Å². The molecule has 11 rings (SSSR count). The first kappa shape index (κ1) is 31.9. The molecule has 0 bridgehead atoms. The predicted molar refractivity (Wildman–Crippen MR) is 230 cm³/mol. The maximum Gasteiger partial charge on any atom is 0.164 e. The third-order valence-electron chi connectivity index (χ3n) is 10.8. The number of hydrogen-bond donors (Lipinski definition) is 0. The summed E-state index contributed by atoms with van der Waals surface area (Å²) in [4.78, 5) is 15.6. The fraction of sp³-hybridized carbons (Fsp3) is 0. The molecular weight excluding hydrogens is 683 g/mol. The van der Waals surface area contributed by atoms with Crippen molar-refractivity contribution in [3.8, 4) is 56.7 Å². The molecule has 0 saturated heterocycles. The van der Waals surface area contributed by atoms with E-state index in [9.17, 15) is 0 Å². The van der Waals surface area contributed by atoms with E-state index in [4.69, 9.17) is 15.0 Å². The van der Waals surface area contributed by atoms with Gasteiger partial charge in [-0.05, 0) is 42.0 Å². The number of fused-ring (bicyclic) bond motifs is 6. The van der Waals surface area contributed by atoms with Crippen LogP contribution in [0.2, 0.25) is 0 Å². The molecule has 0 aliphatic heterocycles. The Morgan fingerprint density at radius 2 is 0.554 bits per heavy atom. The Bertz CT molecular complexity index is 2940. The molecule has 0 radical (unpaired) electrons. The molecule has 262 valence electrons. The normalized spacial score (nSPS) is 11.6. The molecule has 0 spiro atoms. The molecule has 56 heavy (non-hydrogen) atoms. The van der Waals surface area contributed by atoms with Crippen LogP contribution in [0.5, 0.6) is 0 Å². The van der Waals surface area contributed by atoms with Crippen LogP contribution in [-0.2, 0) is 0 Å². The quantitative estimate of drug-likeness (QED) is 0.172. The molecule has 11 aromatic rings. The first-order chi connectivity index (χ1) is 27.8. The molecule has 3 aromatic heterocycles. The van der Waals surface area contributed by atoms with Crippen molar-refractivity contribution in [2.24, 2.45) is 0 Å². The zero-order valence-electron chi connectivity index (χ0n) is 30.3. The molecule has 3 heterocycles. The first-order valence-electron chi connectivity index (χ1n) is 18.9. The van der Waals surface area contributed by atoms with Crippen LogP contribution < -0.4 is 0 Å². The Labute approximate surface area is 323 Å². The lowest BCUT2D eigenvalue weighted by atomic mass is 9.97. The zero-order chi connectivity index (χ0) is 37.0. The van der Waals surface area contributed by atoms with Gasteiger partial charge >= 0.3 is 0 Å². The van der Waals surface area contributed by atoms with E-state index in [1.54, 1.807) is 0 Å². The van der Waals surface area contributed by atoms with Crippen LogP contribution in [0.3, 0.4) is 0 Å². The van der Waals surface area contributed by atoms with Crippen molar-refractivity contribution in [2.45, 2.75) is 0 Å². The van der Waals surface area contributed by atoms with Crippen LogP contribution in [0.15, 0.2) is 200 Å². The summed E-state index contributed by atoms with van der Waals surface area (Å²) in [5, 5.41) is 4.79. The number of nitrogens with zero attached hydrogens (tertiary/aromatic N) is 5. The van der Waals surface area contributed by atoms with E-state index in [1.807, 2.05) is 36.4 Å². The molecule has 0 aliphatic rings. The summed E-state index contributed by atoms with van der Waals surface area (Å²) in [6.45, 7) is 0. The Morgan fingerprint density at radius 3 is 0.911 bits per heavy atom. The van der Waals surface area contributed by atoms with Crippen molar-refractivity contribution >= 4 is 43.6 Å². The molecule has 0 saturated carbocycles. The van der Waals surface area contributed by atoms with Crippen LogP contribution in [0, 0.1) is 0 Å². The molecule has 0 N–H and O–H groups in total. The fourth-order valence-electron chi connectivity index (χ4n) is 8.30. The van der Waals surface area contributed by atoms with Gasteiger partial charge in [0.1, 0.15) is 0 Å². The second kappa shape index (κ2) is 13.0. The summed E-state index contributed by atoms with van der Waals surface area (Å²) in [5.74, 6) is 1.85. The van der Waals surface area contributed by atoms with Gasteiger partial charge in [-0.15, -0.1) is 0 Å². The highest BCUT2D eigenvalue weighted by Gasteiger charge is 2.24. The van der Waals surface area contributed by atoms with Gasteiger partial charge < -0.3 is 9.13 Å². The van der Waals surface area contributed by atoms with Crippen LogP contribution in [0.4, 0.5) is 0 Å². The Morgan fingerprint density at radius 1 is 0.268 bits per heavy atom. The Kier molecular flexibility index (Phi) is 7.42. The molecule has 5 nitrogen and oxygen atoms in total. The molecule has 5 heteroatoms. The summed E-state index contributed by atoms with van der Waals surface area (Å²) in [6.07, 6.45) is 0. The van der Waals surface area contributed by atoms with E-state index in [1.165, 1.54) is 21.5 Å². The Hall–Kier alpha value is -7.63. The topological polar surface area (TPSA) is 48.5 Å². The van der Waals surface area contributed by atoms with Crippen LogP contribution >= 0.6 is 0 Å². The monoisotopic (exact) mass is 715 g/mol. The van der Waals surface area contributed by atoms with Crippen LogP contribution in [0.25, 0.3) is 100 Å². The van der Waals surface area contributed by atoms with Gasteiger partial charge in [-0.2, -0.15) is 0 Å². The SMILES string of the molecule is c1ccc(-c2nc(-c3ccccc3)nc(-c3cc(-n4c5ccccc5c5ccccc54)c(-c4ccccc4)c(-n4c5ccccc5c5ccccc54)c3)n2)cc1. The van der Waals surface area contributed by atoms with Crippen LogP contribution in [0.1, 0.15) is 0 Å². The molecule has 0 amide bonds. The average molecular weight is 716 g/mol. The Balaban J connectivity index is 1.33. The van der Waals surface area contributed by atoms with Gasteiger partial charge in [0.25, 0.3) is 0 Å². The lowest BCUT2D eigenvalue weighted by Crippen LogP contribution is -2.06. The minimum absolute atomic E-state index is 0.598. The molecule has 8 aromatic carbocycles. The lowest BCUT2D eigenvalue weighted by Gasteiger charge is -2.22. The third-order valence-corrected chi connectivity index (χ3v) is 10.8. The standard InChI is InChI=1S/C51H33N5/c1-4-18-34(19-5-1)48-46(55-42-28-14-10-24-38(42)39-25-11-15-29-43(39)55)32-37(33-47(48)56-44-30-16-12-26-40(44)41-27-13-17-31-45(41)56)51-53-49(35-20-6-2-7-21-35)52-50(54-51)36-22-8-3-9-23-36/h1-33H. The first-order valence-corrected chi connectivity index (χ1v) is 18.9. The highest BCUT2D eigenvalue weighted by Crippen LogP contribution is 2.44. The third kappa shape index (κ3) is 5.13. The molecular formula is C51H33N5. The van der Waals surface area contributed by atoms with Gasteiger partial charge in [0.15, 0.2) is 17.5 Å². The second-order valence-electron chi connectivity index (χ2n) is 14.0. The van der Waals surface area contributed by atoms with E-state index in [0.29, 0.717) is 17.5 Å². The second-order valence-corrected chi connectivity index (χ2v) is 14.0. The number of aromatic nitrogens is 5. The van der Waals surface area contributed by atoms with Gasteiger partial charge in [0.2, 0.25) is 0 Å². The van der Waals surface area contributed by atoms with Crippen molar-refractivity contribution in [1.82, 2.24) is 24.1 Å². The summed E-state index contributed by atoms with van der Waals surface area (Å²) in [5.41, 5.74) is 11.5. The van der Waals surface area contributed by atoms with Gasteiger partial charge in [-0.25, -0.2) is 15.0 Å². The van der Waals surface area contributed by atoms with E-state index in [-0.39, 0.29) is 0 Å². The number of rotatable bonds is 6. The minimum Gasteiger partial charge on any atom is -0.309 e. The predicted octanol–water partition coefficient (Wildman–Crippen LogP) is 12.7. The van der Waals surface area contributed by atoms with Gasteiger partial charge in [-0.1, -0.05) is 164 Å². The smallest absolute Gasteiger partial charge is 0.164 e. The highest BCUT2D eigenvalue weighted by molar-refractivity contribution is 6.12. The van der Waals surface area contributed by atoms with Gasteiger partial charge in [-0.3, -0.25) is 0 Å². The van der Waals surface area contributed by atoms with E-state index in [2.05, 4.69) is 173 Å². The van der Waals surface area contributed by atoms with Crippen molar-refractivity contribution in [3.05, 3.63) is 200 Å². The molecule has 0 unspecified atom stereocenters. The van der Waals surface area contributed by atoms with Crippen molar-refractivity contribution in [1.29, 1.82) is 0 Å². The summed E-state index contributed by atoms with van der Waals surface area (Å²) in [6, 6.07) is 70.4. The van der Waals surface area contributed by atoms with E-state index in [0.717, 1.165) is 61.3 Å². The zero-order valence-corrected chi connectivity index (χ0v) is 30.3. The molecule has 0 atom stereocenters. The van der Waals surface area contributed by atoms with Gasteiger partial charge in [0, 0.05) is 43.8 Å². The fourth-order valence-corrected chi connectivity index (χ4v) is 8.30. The highest BCUT2D eigenvalue weighted by atomic mass is 15.1. The van der Waals surface area contributed by atoms with Gasteiger partial charge in [0.05, 0.1) is 33.4 Å². The molecule has 0 fully saturated rings. The van der Waals surface area contributed by atoms with Crippen molar-refractivity contribution in [2.75, 3.05) is 0 Å². The average Bonchev–Trinajstić information content (AvgIpc) is 3.80. The number of hydrogen-bond acceptors (Lipinski definition) is 3. The summed E-state index contributed by atoms with van der Waals surface area (Å²) >= 11 is 0. The number of para-hydroxylation sites is 4. The maximum atomic E-state index is 5.26. The molecule has 0 aliphatic carbocycles. The van der Waals surface area contributed by atoms with Crippen LogP contribution in [-0.4, -0.2) is 24.1 Å². The summed E-state index contributed by atoms with van der Waals surface area (Å²) < 4.78 is 4.84.